The number of benzene rings is 1. The normalized spacial score (nSPS) is 13.4. The second-order valence-corrected chi connectivity index (χ2v) is 6.07. The second-order valence-electron chi connectivity index (χ2n) is 6.07. The SMILES string of the molecule is CC(N)CCCCOc1ccccc1C(C)(C)C. The molecule has 0 fully saturated rings. The number of ether oxygens (including phenoxy) is 1. The number of nitrogens with two attached hydrogens (primary N) is 1. The lowest BCUT2D eigenvalue weighted by Crippen LogP contribution is -2.15. The summed E-state index contributed by atoms with van der Waals surface area (Å²) in [6, 6.07) is 8.62. The zero-order chi connectivity index (χ0) is 13.6. The minimum atomic E-state index is 0.127. The number of hydrogen-bond donors (Lipinski definition) is 1. The summed E-state index contributed by atoms with van der Waals surface area (Å²) in [7, 11) is 0. The van der Waals surface area contributed by atoms with Crippen molar-refractivity contribution >= 4 is 0 Å². The fourth-order valence-corrected chi connectivity index (χ4v) is 1.96. The summed E-state index contributed by atoms with van der Waals surface area (Å²) in [5.41, 5.74) is 7.13. The Balaban J connectivity index is 2.47. The molecule has 2 nitrogen and oxygen atoms in total. The molecule has 1 atom stereocenters. The summed E-state index contributed by atoms with van der Waals surface area (Å²) >= 11 is 0. The highest BCUT2D eigenvalue weighted by atomic mass is 16.5. The van der Waals surface area contributed by atoms with Crippen molar-refractivity contribution in [2.75, 3.05) is 6.61 Å². The molecule has 1 aromatic rings. The topological polar surface area (TPSA) is 35.2 Å². The number of rotatable bonds is 6. The first-order chi connectivity index (χ1) is 8.41. The van der Waals surface area contributed by atoms with Crippen LogP contribution < -0.4 is 10.5 Å². The molecule has 0 aliphatic carbocycles. The van der Waals surface area contributed by atoms with Crippen LogP contribution in [-0.2, 0) is 5.41 Å². The van der Waals surface area contributed by atoms with Crippen molar-refractivity contribution in [1.82, 2.24) is 0 Å². The summed E-state index contributed by atoms with van der Waals surface area (Å²) in [4.78, 5) is 0. The molecule has 0 saturated heterocycles. The van der Waals surface area contributed by atoms with Crippen LogP contribution in [0.1, 0.15) is 52.5 Å². The summed E-state index contributed by atoms with van der Waals surface area (Å²) < 4.78 is 5.90. The van der Waals surface area contributed by atoms with Crippen molar-refractivity contribution in [1.29, 1.82) is 0 Å². The van der Waals surface area contributed by atoms with Gasteiger partial charge in [0.1, 0.15) is 5.75 Å². The van der Waals surface area contributed by atoms with Crippen molar-refractivity contribution in [2.45, 2.75) is 58.4 Å². The fourth-order valence-electron chi connectivity index (χ4n) is 1.96. The standard InChI is InChI=1S/C16H27NO/c1-13(17)9-7-8-12-18-15-11-6-5-10-14(15)16(2,3)4/h5-6,10-11,13H,7-9,12,17H2,1-4H3. The van der Waals surface area contributed by atoms with Crippen molar-refractivity contribution in [3.63, 3.8) is 0 Å². The molecule has 0 radical (unpaired) electrons. The van der Waals surface area contributed by atoms with Gasteiger partial charge < -0.3 is 10.5 Å². The average Bonchev–Trinajstić information content (AvgIpc) is 2.27. The molecule has 0 heterocycles. The molecule has 0 saturated carbocycles. The average molecular weight is 249 g/mol. The maximum atomic E-state index is 5.90. The van der Waals surface area contributed by atoms with Crippen molar-refractivity contribution in [3.8, 4) is 5.75 Å². The Morgan fingerprint density at radius 2 is 1.83 bits per heavy atom. The molecule has 2 N–H and O–H groups in total. The molecule has 0 aromatic heterocycles. The summed E-state index contributed by atoms with van der Waals surface area (Å²) in [6.07, 6.45) is 3.28. The van der Waals surface area contributed by atoms with Crippen LogP contribution in [0.4, 0.5) is 0 Å². The maximum absolute atomic E-state index is 5.90. The quantitative estimate of drug-likeness (QED) is 0.776. The zero-order valence-electron chi connectivity index (χ0n) is 12.2. The van der Waals surface area contributed by atoms with Gasteiger partial charge in [0, 0.05) is 6.04 Å². The highest BCUT2D eigenvalue weighted by Crippen LogP contribution is 2.30. The Kier molecular flexibility index (Phi) is 5.67. The lowest BCUT2D eigenvalue weighted by atomic mass is 9.86. The van der Waals surface area contributed by atoms with Gasteiger partial charge in [0.05, 0.1) is 6.61 Å². The molecule has 1 rings (SSSR count). The Hall–Kier alpha value is -1.02. The number of hydrogen-bond acceptors (Lipinski definition) is 2. The Morgan fingerprint density at radius 1 is 1.17 bits per heavy atom. The first-order valence-corrected chi connectivity index (χ1v) is 6.89. The van der Waals surface area contributed by atoms with Crippen LogP contribution in [-0.4, -0.2) is 12.6 Å². The van der Waals surface area contributed by atoms with Gasteiger partial charge in [-0.1, -0.05) is 39.0 Å². The highest BCUT2D eigenvalue weighted by Gasteiger charge is 2.18. The van der Waals surface area contributed by atoms with Crippen LogP contribution in [0.25, 0.3) is 0 Å². The summed E-state index contributed by atoms with van der Waals surface area (Å²) in [5.74, 6) is 1.02. The van der Waals surface area contributed by atoms with E-state index in [1.807, 2.05) is 6.07 Å². The Morgan fingerprint density at radius 3 is 2.44 bits per heavy atom. The fraction of sp³-hybridized carbons (Fsp3) is 0.625. The van der Waals surface area contributed by atoms with E-state index in [1.165, 1.54) is 5.56 Å². The minimum absolute atomic E-state index is 0.127. The van der Waals surface area contributed by atoms with Crippen LogP contribution in [0.15, 0.2) is 24.3 Å². The summed E-state index contributed by atoms with van der Waals surface area (Å²) in [6.45, 7) is 9.47. The van der Waals surface area contributed by atoms with Gasteiger partial charge in [0.2, 0.25) is 0 Å². The molecule has 0 aliphatic heterocycles. The van der Waals surface area contributed by atoms with E-state index in [0.717, 1.165) is 31.6 Å². The van der Waals surface area contributed by atoms with E-state index in [2.05, 4.69) is 45.9 Å². The molecule has 102 valence electrons. The molecule has 1 unspecified atom stereocenters. The van der Waals surface area contributed by atoms with Gasteiger partial charge in [-0.25, -0.2) is 0 Å². The molecule has 0 aliphatic rings. The van der Waals surface area contributed by atoms with E-state index in [4.69, 9.17) is 10.5 Å². The van der Waals surface area contributed by atoms with Crippen LogP contribution in [0.2, 0.25) is 0 Å². The number of para-hydroxylation sites is 1. The van der Waals surface area contributed by atoms with Crippen LogP contribution >= 0.6 is 0 Å². The summed E-state index contributed by atoms with van der Waals surface area (Å²) in [5, 5.41) is 0. The van der Waals surface area contributed by atoms with Gasteiger partial charge in [0.15, 0.2) is 0 Å². The maximum Gasteiger partial charge on any atom is 0.123 e. The van der Waals surface area contributed by atoms with E-state index in [1.54, 1.807) is 0 Å². The van der Waals surface area contributed by atoms with E-state index in [0.29, 0.717) is 6.04 Å². The third-order valence-corrected chi connectivity index (χ3v) is 3.01. The van der Waals surface area contributed by atoms with Crippen molar-refractivity contribution in [2.24, 2.45) is 5.73 Å². The van der Waals surface area contributed by atoms with Crippen LogP contribution in [0.3, 0.4) is 0 Å². The molecule has 0 spiro atoms. The lowest BCUT2D eigenvalue weighted by Gasteiger charge is -2.22. The van der Waals surface area contributed by atoms with Crippen molar-refractivity contribution < 1.29 is 4.74 Å². The van der Waals surface area contributed by atoms with E-state index in [9.17, 15) is 0 Å². The van der Waals surface area contributed by atoms with E-state index >= 15 is 0 Å². The Labute approximate surface area is 112 Å². The minimum Gasteiger partial charge on any atom is -0.493 e. The Bertz CT molecular complexity index is 352. The molecular weight excluding hydrogens is 222 g/mol. The second kappa shape index (κ2) is 6.79. The molecule has 0 amide bonds. The number of unbranched alkanes of at least 4 members (excludes halogenated alkanes) is 1. The third-order valence-electron chi connectivity index (χ3n) is 3.01. The molecular formula is C16H27NO. The first-order valence-electron chi connectivity index (χ1n) is 6.89. The lowest BCUT2D eigenvalue weighted by molar-refractivity contribution is 0.296. The highest BCUT2D eigenvalue weighted by molar-refractivity contribution is 5.38. The smallest absolute Gasteiger partial charge is 0.123 e. The van der Waals surface area contributed by atoms with Gasteiger partial charge in [-0.2, -0.15) is 0 Å². The van der Waals surface area contributed by atoms with Crippen molar-refractivity contribution in [3.05, 3.63) is 29.8 Å². The van der Waals surface area contributed by atoms with Gasteiger partial charge in [-0.3, -0.25) is 0 Å². The predicted molar refractivity (Wildman–Crippen MR) is 78.1 cm³/mol. The first kappa shape index (κ1) is 15.0. The monoisotopic (exact) mass is 249 g/mol. The zero-order valence-corrected chi connectivity index (χ0v) is 12.2. The van der Waals surface area contributed by atoms with Gasteiger partial charge in [-0.05, 0) is 43.2 Å². The molecule has 2 heteroatoms. The third kappa shape index (κ3) is 5.09. The van der Waals surface area contributed by atoms with Gasteiger partial charge >= 0.3 is 0 Å². The predicted octanol–water partition coefficient (Wildman–Crippen LogP) is 3.88. The van der Waals surface area contributed by atoms with Gasteiger partial charge in [0.25, 0.3) is 0 Å². The molecule has 1 aromatic carbocycles. The van der Waals surface area contributed by atoms with E-state index < -0.39 is 0 Å². The van der Waals surface area contributed by atoms with Crippen LogP contribution in [0, 0.1) is 0 Å². The van der Waals surface area contributed by atoms with Crippen LogP contribution in [0.5, 0.6) is 5.75 Å². The largest absolute Gasteiger partial charge is 0.493 e. The van der Waals surface area contributed by atoms with Gasteiger partial charge in [-0.15, -0.1) is 0 Å². The molecule has 0 bridgehead atoms. The molecule has 18 heavy (non-hydrogen) atoms. The van der Waals surface area contributed by atoms with E-state index in [-0.39, 0.29) is 5.41 Å².